The number of hydrogen-bond acceptors (Lipinski definition) is 4. The smallest absolute Gasteiger partial charge is 0.251 e. The van der Waals surface area contributed by atoms with Crippen LogP contribution in [-0.2, 0) is 6.54 Å². The molecule has 0 fully saturated rings. The fourth-order valence-electron chi connectivity index (χ4n) is 3.63. The maximum Gasteiger partial charge on any atom is 0.251 e. The summed E-state index contributed by atoms with van der Waals surface area (Å²) in [6.07, 6.45) is 0. The molecule has 162 valence electrons. The molecule has 33 heavy (non-hydrogen) atoms. The van der Waals surface area contributed by atoms with Gasteiger partial charge in [-0.3, -0.25) is 4.79 Å². The second-order valence-electron chi connectivity index (χ2n) is 7.67. The van der Waals surface area contributed by atoms with Crippen molar-refractivity contribution in [2.45, 2.75) is 16.3 Å². The molecule has 0 unspecified atom stereocenters. The summed E-state index contributed by atoms with van der Waals surface area (Å²) in [5, 5.41) is 3.65. The molecule has 0 radical (unpaired) electrons. The molecule has 0 aliphatic carbocycles. The molecule has 5 rings (SSSR count). The normalized spacial score (nSPS) is 12.2. The van der Waals surface area contributed by atoms with E-state index in [4.69, 9.17) is 22.3 Å². The van der Waals surface area contributed by atoms with Crippen LogP contribution in [0.2, 0.25) is 5.02 Å². The Morgan fingerprint density at radius 2 is 1.67 bits per heavy atom. The van der Waals surface area contributed by atoms with Crippen LogP contribution in [0, 0.1) is 0 Å². The number of carbonyl (C=O) groups is 1. The number of nitrogens with two attached hydrogens (primary N) is 1. The second kappa shape index (κ2) is 9.14. The number of fused-ring (bicyclic) bond motifs is 2. The largest absolute Gasteiger partial charge is 0.399 e. The maximum absolute atomic E-state index is 12.9. The van der Waals surface area contributed by atoms with Crippen molar-refractivity contribution in [2.24, 2.45) is 4.99 Å². The molecule has 1 aliphatic rings. The van der Waals surface area contributed by atoms with E-state index < -0.39 is 0 Å². The lowest BCUT2D eigenvalue weighted by Crippen LogP contribution is -2.22. The molecule has 1 aliphatic heterocycles. The predicted molar refractivity (Wildman–Crippen MR) is 136 cm³/mol. The minimum Gasteiger partial charge on any atom is -0.399 e. The van der Waals surface area contributed by atoms with Crippen molar-refractivity contribution in [1.82, 2.24) is 5.32 Å². The number of nitrogens with zero attached hydrogens (tertiary/aromatic N) is 1. The van der Waals surface area contributed by atoms with Crippen LogP contribution in [0.25, 0.3) is 0 Å². The van der Waals surface area contributed by atoms with Gasteiger partial charge in [-0.15, -0.1) is 0 Å². The summed E-state index contributed by atoms with van der Waals surface area (Å²) in [6, 6.07) is 29.0. The molecule has 0 saturated carbocycles. The van der Waals surface area contributed by atoms with Gasteiger partial charge in [0, 0.05) is 43.7 Å². The van der Waals surface area contributed by atoms with Crippen LogP contribution in [0.1, 0.15) is 27.0 Å². The van der Waals surface area contributed by atoms with E-state index in [0.29, 0.717) is 22.8 Å². The summed E-state index contributed by atoms with van der Waals surface area (Å²) < 4.78 is 0. The molecule has 0 spiro atoms. The average molecular weight is 470 g/mol. The third kappa shape index (κ3) is 4.65. The van der Waals surface area contributed by atoms with Gasteiger partial charge < -0.3 is 11.1 Å². The van der Waals surface area contributed by atoms with Gasteiger partial charge >= 0.3 is 0 Å². The van der Waals surface area contributed by atoms with Gasteiger partial charge in [-0.1, -0.05) is 65.8 Å². The monoisotopic (exact) mass is 469 g/mol. The van der Waals surface area contributed by atoms with Crippen molar-refractivity contribution in [3.8, 4) is 0 Å². The van der Waals surface area contributed by atoms with E-state index in [0.717, 1.165) is 37.9 Å². The molecular formula is C27H20ClN3OS. The zero-order valence-corrected chi connectivity index (χ0v) is 19.2. The molecule has 1 amide bonds. The fraction of sp³-hybridized carbons (Fsp3) is 0.0370. The highest BCUT2D eigenvalue weighted by atomic mass is 35.5. The van der Waals surface area contributed by atoms with Gasteiger partial charge in [-0.2, -0.15) is 0 Å². The first-order valence-electron chi connectivity index (χ1n) is 10.5. The Balaban J connectivity index is 1.49. The van der Waals surface area contributed by atoms with Gasteiger partial charge in [-0.25, -0.2) is 4.99 Å². The van der Waals surface area contributed by atoms with E-state index >= 15 is 0 Å². The summed E-state index contributed by atoms with van der Waals surface area (Å²) in [5.41, 5.74) is 11.6. The third-order valence-electron chi connectivity index (χ3n) is 5.37. The van der Waals surface area contributed by atoms with Crippen molar-refractivity contribution in [3.63, 3.8) is 0 Å². The number of aliphatic imine (C=N–C) groups is 1. The quantitative estimate of drug-likeness (QED) is 0.296. The lowest BCUT2D eigenvalue weighted by molar-refractivity contribution is 0.0951. The van der Waals surface area contributed by atoms with E-state index in [9.17, 15) is 4.79 Å². The summed E-state index contributed by atoms with van der Waals surface area (Å²) in [7, 11) is 0. The molecule has 0 atom stereocenters. The number of nitrogens with one attached hydrogen (secondary N) is 1. The Morgan fingerprint density at radius 1 is 0.909 bits per heavy atom. The van der Waals surface area contributed by atoms with Crippen LogP contribution in [0.5, 0.6) is 0 Å². The molecule has 4 aromatic rings. The van der Waals surface area contributed by atoms with Crippen molar-refractivity contribution >= 4 is 46.4 Å². The van der Waals surface area contributed by atoms with E-state index in [2.05, 4.69) is 17.4 Å². The number of benzene rings is 4. The highest BCUT2D eigenvalue weighted by Crippen LogP contribution is 2.41. The molecule has 1 heterocycles. The number of halogens is 1. The first-order valence-corrected chi connectivity index (χ1v) is 11.6. The van der Waals surface area contributed by atoms with E-state index in [1.165, 1.54) is 0 Å². The number of rotatable bonds is 4. The average Bonchev–Trinajstić information content (AvgIpc) is 3.00. The Morgan fingerprint density at radius 3 is 2.45 bits per heavy atom. The highest BCUT2D eigenvalue weighted by molar-refractivity contribution is 7.99. The van der Waals surface area contributed by atoms with Crippen LogP contribution in [0.15, 0.2) is 106 Å². The van der Waals surface area contributed by atoms with Gasteiger partial charge in [0.1, 0.15) is 0 Å². The summed E-state index contributed by atoms with van der Waals surface area (Å²) in [5.74, 6) is -0.148. The van der Waals surface area contributed by atoms with Crippen LogP contribution in [-0.4, -0.2) is 11.6 Å². The zero-order chi connectivity index (χ0) is 22.8. The Kier molecular flexibility index (Phi) is 5.90. The Bertz CT molecular complexity index is 1370. The number of amides is 1. The molecule has 0 saturated heterocycles. The van der Waals surface area contributed by atoms with Crippen LogP contribution in [0.4, 0.5) is 11.4 Å². The Labute approximate surface area is 201 Å². The van der Waals surface area contributed by atoms with Crippen LogP contribution in [0.3, 0.4) is 0 Å². The number of anilines is 1. The summed E-state index contributed by atoms with van der Waals surface area (Å²) in [6.45, 7) is 0.426. The molecule has 4 aromatic carbocycles. The Hall–Kier alpha value is -3.54. The first kappa shape index (κ1) is 21.3. The molecule has 4 nitrogen and oxygen atoms in total. The summed E-state index contributed by atoms with van der Waals surface area (Å²) >= 11 is 7.76. The van der Waals surface area contributed by atoms with Crippen LogP contribution < -0.4 is 11.1 Å². The molecule has 6 heteroatoms. The number of carbonyl (C=O) groups excluding carboxylic acids is 1. The minimum absolute atomic E-state index is 0.148. The van der Waals surface area contributed by atoms with Crippen LogP contribution >= 0.6 is 23.4 Å². The van der Waals surface area contributed by atoms with Crippen molar-refractivity contribution in [3.05, 3.63) is 118 Å². The van der Waals surface area contributed by atoms with Crippen molar-refractivity contribution < 1.29 is 4.79 Å². The first-order chi connectivity index (χ1) is 16.1. The molecule has 0 bridgehead atoms. The van der Waals surface area contributed by atoms with Gasteiger partial charge in [0.25, 0.3) is 5.91 Å². The maximum atomic E-state index is 12.9. The van der Waals surface area contributed by atoms with Crippen molar-refractivity contribution in [1.29, 1.82) is 0 Å². The molecular weight excluding hydrogens is 450 g/mol. The lowest BCUT2D eigenvalue weighted by Gasteiger charge is -2.09. The van der Waals surface area contributed by atoms with Gasteiger partial charge in [0.15, 0.2) is 0 Å². The fourth-order valence-corrected chi connectivity index (χ4v) is 4.76. The number of hydrogen-bond donors (Lipinski definition) is 2. The van der Waals surface area contributed by atoms with Gasteiger partial charge in [0.05, 0.1) is 11.4 Å². The SMILES string of the molecule is Nc1ccc(CNC(=O)c2ccc3c(c2)N=C(c2ccc(Cl)cc2)c2ccccc2S3)cc1. The lowest BCUT2D eigenvalue weighted by atomic mass is 10.0. The van der Waals surface area contributed by atoms with E-state index in [-0.39, 0.29) is 5.91 Å². The summed E-state index contributed by atoms with van der Waals surface area (Å²) in [4.78, 5) is 20.0. The third-order valence-corrected chi connectivity index (χ3v) is 6.76. The van der Waals surface area contributed by atoms with Gasteiger partial charge in [-0.05, 0) is 54.1 Å². The second-order valence-corrected chi connectivity index (χ2v) is 9.19. The van der Waals surface area contributed by atoms with E-state index in [1.54, 1.807) is 11.8 Å². The highest BCUT2D eigenvalue weighted by Gasteiger charge is 2.20. The standard InChI is InChI=1S/C27H20ClN3OS/c28-20-10-7-18(8-11-20)26-22-3-1-2-4-24(22)33-25-14-9-19(15-23(25)31-26)27(32)30-16-17-5-12-21(29)13-6-17/h1-15H,16,29H2,(H,30,32). The van der Waals surface area contributed by atoms with Gasteiger partial charge in [0.2, 0.25) is 0 Å². The molecule has 0 aromatic heterocycles. The van der Waals surface area contributed by atoms with E-state index in [1.807, 2.05) is 78.9 Å². The zero-order valence-electron chi connectivity index (χ0n) is 17.6. The predicted octanol–water partition coefficient (Wildman–Crippen LogP) is 6.49. The number of nitrogen functional groups attached to an aromatic ring is 1. The van der Waals surface area contributed by atoms with Crippen molar-refractivity contribution in [2.75, 3.05) is 5.73 Å². The molecule has 3 N–H and O–H groups in total. The minimum atomic E-state index is -0.148. The topological polar surface area (TPSA) is 67.5 Å².